The Kier molecular flexibility index (Phi) is 3.82. The van der Waals surface area contributed by atoms with E-state index in [9.17, 15) is 20.5 Å². The first-order chi connectivity index (χ1) is 11.1. The van der Waals surface area contributed by atoms with Gasteiger partial charge in [0.2, 0.25) is 0 Å². The molecule has 0 radical (unpaired) electrons. The van der Waals surface area contributed by atoms with Gasteiger partial charge in [-0.1, -0.05) is 0 Å². The maximum absolute atomic E-state index is 10.9. The van der Waals surface area contributed by atoms with Crippen LogP contribution in [0.3, 0.4) is 0 Å². The van der Waals surface area contributed by atoms with E-state index in [4.69, 9.17) is 4.74 Å². The Labute approximate surface area is 131 Å². The van der Waals surface area contributed by atoms with Crippen LogP contribution in [0.2, 0.25) is 0 Å². The summed E-state index contributed by atoms with van der Waals surface area (Å²) in [6, 6.07) is 7.82. The van der Waals surface area contributed by atoms with Gasteiger partial charge in [-0.2, -0.15) is 5.26 Å². The molecule has 1 fully saturated rings. The fourth-order valence-electron chi connectivity index (χ4n) is 2.43. The number of rotatable bonds is 5. The number of fused-ring (bicyclic) bond motifs is 1. The van der Waals surface area contributed by atoms with Crippen molar-refractivity contribution in [2.45, 2.75) is 0 Å². The minimum Gasteiger partial charge on any atom is -0.396 e. The Morgan fingerprint density at radius 3 is 2.83 bits per heavy atom. The van der Waals surface area contributed by atoms with E-state index in [0.717, 1.165) is 0 Å². The molecule has 1 saturated heterocycles. The van der Waals surface area contributed by atoms with Gasteiger partial charge in [0.25, 0.3) is 5.69 Å². The third-order valence-electron chi connectivity index (χ3n) is 3.92. The third-order valence-corrected chi connectivity index (χ3v) is 3.92. The van der Waals surface area contributed by atoms with E-state index in [0.29, 0.717) is 42.0 Å². The SMILES string of the molecule is N#Cc1cc(NCC2(CO)COC2)nc2ccc([N+](=O)[O-])cc12. The molecule has 0 bridgehead atoms. The highest BCUT2D eigenvalue weighted by Gasteiger charge is 2.37. The minimum absolute atomic E-state index is 0.00484. The molecule has 2 aromatic rings. The monoisotopic (exact) mass is 314 g/mol. The highest BCUT2D eigenvalue weighted by Crippen LogP contribution is 2.28. The summed E-state index contributed by atoms with van der Waals surface area (Å²) in [5.74, 6) is 0.489. The van der Waals surface area contributed by atoms with Gasteiger partial charge in [-0.3, -0.25) is 10.1 Å². The fraction of sp³-hybridized carbons (Fsp3) is 0.333. The van der Waals surface area contributed by atoms with Gasteiger partial charge in [0.1, 0.15) is 5.82 Å². The van der Waals surface area contributed by atoms with Gasteiger partial charge < -0.3 is 15.2 Å². The molecule has 1 aliphatic heterocycles. The van der Waals surface area contributed by atoms with Crippen LogP contribution < -0.4 is 5.32 Å². The number of pyridine rings is 1. The zero-order valence-corrected chi connectivity index (χ0v) is 12.2. The molecule has 0 amide bonds. The Bertz CT molecular complexity index is 805. The molecule has 23 heavy (non-hydrogen) atoms. The van der Waals surface area contributed by atoms with E-state index in [1.54, 1.807) is 6.07 Å². The maximum atomic E-state index is 10.9. The van der Waals surface area contributed by atoms with Crippen LogP contribution in [-0.4, -0.2) is 41.4 Å². The maximum Gasteiger partial charge on any atom is 0.270 e. The van der Waals surface area contributed by atoms with Crippen molar-refractivity contribution in [3.63, 3.8) is 0 Å². The Morgan fingerprint density at radius 2 is 2.26 bits per heavy atom. The van der Waals surface area contributed by atoms with Crippen molar-refractivity contribution in [2.24, 2.45) is 5.41 Å². The molecular formula is C15H14N4O4. The summed E-state index contributed by atoms with van der Waals surface area (Å²) in [6.45, 7) is 1.42. The Hall–Kier alpha value is -2.76. The first kappa shape index (κ1) is 15.1. The van der Waals surface area contributed by atoms with Crippen molar-refractivity contribution < 1.29 is 14.8 Å². The van der Waals surface area contributed by atoms with Crippen molar-refractivity contribution in [1.82, 2.24) is 4.98 Å². The lowest BCUT2D eigenvalue weighted by Crippen LogP contribution is -2.50. The molecule has 2 heterocycles. The standard InChI is InChI=1S/C15H14N4O4/c16-5-10-3-14(17-6-15(7-20)8-23-9-15)18-13-2-1-11(19(21)22)4-12(10)13/h1-4,20H,6-9H2,(H,17,18). The van der Waals surface area contributed by atoms with Crippen LogP contribution in [0.15, 0.2) is 24.3 Å². The summed E-state index contributed by atoms with van der Waals surface area (Å²) in [7, 11) is 0. The largest absolute Gasteiger partial charge is 0.396 e. The second-order valence-corrected chi connectivity index (χ2v) is 5.63. The van der Waals surface area contributed by atoms with Crippen LogP contribution in [0.5, 0.6) is 0 Å². The average Bonchev–Trinajstić information content (AvgIpc) is 2.52. The minimum atomic E-state index is -0.506. The number of hydrogen-bond acceptors (Lipinski definition) is 7. The van der Waals surface area contributed by atoms with Gasteiger partial charge in [0, 0.05) is 24.1 Å². The zero-order chi connectivity index (χ0) is 16.4. The van der Waals surface area contributed by atoms with E-state index in [1.807, 2.05) is 6.07 Å². The van der Waals surface area contributed by atoms with E-state index in [-0.39, 0.29) is 17.7 Å². The topological polar surface area (TPSA) is 121 Å². The Balaban J connectivity index is 1.92. The summed E-state index contributed by atoms with van der Waals surface area (Å²) in [4.78, 5) is 14.7. The molecular weight excluding hydrogens is 300 g/mol. The number of nitro groups is 1. The predicted molar refractivity (Wildman–Crippen MR) is 81.9 cm³/mol. The van der Waals surface area contributed by atoms with Crippen molar-refractivity contribution in [1.29, 1.82) is 5.26 Å². The van der Waals surface area contributed by atoms with Crippen molar-refractivity contribution in [3.8, 4) is 6.07 Å². The number of hydrogen-bond donors (Lipinski definition) is 2. The molecule has 0 saturated carbocycles. The zero-order valence-electron chi connectivity index (χ0n) is 12.2. The summed E-state index contributed by atoms with van der Waals surface area (Å²) in [5, 5.41) is 33.1. The number of nitro benzene ring substituents is 1. The van der Waals surface area contributed by atoms with E-state index in [2.05, 4.69) is 10.3 Å². The highest BCUT2D eigenvalue weighted by atomic mass is 16.6. The molecule has 1 aliphatic rings. The smallest absolute Gasteiger partial charge is 0.270 e. The summed E-state index contributed by atoms with van der Waals surface area (Å²) < 4.78 is 5.13. The van der Waals surface area contributed by atoms with E-state index >= 15 is 0 Å². The number of nitriles is 1. The van der Waals surface area contributed by atoms with Crippen LogP contribution in [-0.2, 0) is 4.74 Å². The molecule has 0 unspecified atom stereocenters. The van der Waals surface area contributed by atoms with Gasteiger partial charge in [0.05, 0.1) is 47.3 Å². The van der Waals surface area contributed by atoms with Crippen molar-refractivity contribution >= 4 is 22.4 Å². The first-order valence-electron chi connectivity index (χ1n) is 6.99. The Morgan fingerprint density at radius 1 is 1.48 bits per heavy atom. The van der Waals surface area contributed by atoms with Gasteiger partial charge in [-0.25, -0.2) is 4.98 Å². The first-order valence-corrected chi connectivity index (χ1v) is 6.99. The summed E-state index contributed by atoms with van der Waals surface area (Å²) in [6.07, 6.45) is 0. The number of aromatic nitrogens is 1. The summed E-state index contributed by atoms with van der Waals surface area (Å²) in [5.41, 5.74) is 0.408. The van der Waals surface area contributed by atoms with E-state index < -0.39 is 4.92 Å². The molecule has 8 nitrogen and oxygen atoms in total. The molecule has 1 aromatic heterocycles. The van der Waals surface area contributed by atoms with Crippen LogP contribution in [0.1, 0.15) is 5.56 Å². The quantitative estimate of drug-likeness (QED) is 0.632. The number of non-ortho nitro benzene ring substituents is 1. The van der Waals surface area contributed by atoms with Gasteiger partial charge >= 0.3 is 0 Å². The lowest BCUT2D eigenvalue weighted by Gasteiger charge is -2.39. The summed E-state index contributed by atoms with van der Waals surface area (Å²) >= 11 is 0. The highest BCUT2D eigenvalue weighted by molar-refractivity contribution is 5.88. The van der Waals surface area contributed by atoms with Gasteiger partial charge in [0.15, 0.2) is 0 Å². The number of anilines is 1. The van der Waals surface area contributed by atoms with Gasteiger partial charge in [-0.15, -0.1) is 0 Å². The number of aliphatic hydroxyl groups excluding tert-OH is 1. The molecule has 2 N–H and O–H groups in total. The molecule has 1 aromatic carbocycles. The lowest BCUT2D eigenvalue weighted by molar-refractivity contribution is -0.384. The molecule has 3 rings (SSSR count). The second kappa shape index (κ2) is 5.79. The van der Waals surface area contributed by atoms with Crippen LogP contribution >= 0.6 is 0 Å². The van der Waals surface area contributed by atoms with Crippen molar-refractivity contribution in [3.05, 3.63) is 39.9 Å². The number of aliphatic hydroxyl groups is 1. The van der Waals surface area contributed by atoms with Crippen molar-refractivity contribution in [2.75, 3.05) is 31.7 Å². The second-order valence-electron chi connectivity index (χ2n) is 5.63. The molecule has 0 aliphatic carbocycles. The number of nitrogens with one attached hydrogen (secondary N) is 1. The normalized spacial score (nSPS) is 15.7. The fourth-order valence-corrected chi connectivity index (χ4v) is 2.43. The number of benzene rings is 1. The van der Waals surface area contributed by atoms with Crippen LogP contribution in [0, 0.1) is 26.9 Å². The average molecular weight is 314 g/mol. The molecule has 0 spiro atoms. The van der Waals surface area contributed by atoms with Gasteiger partial charge in [-0.05, 0) is 12.1 Å². The third kappa shape index (κ3) is 2.79. The number of ether oxygens (including phenoxy) is 1. The lowest BCUT2D eigenvalue weighted by atomic mass is 9.87. The molecule has 8 heteroatoms. The number of nitrogens with zero attached hydrogens (tertiary/aromatic N) is 3. The van der Waals surface area contributed by atoms with Crippen LogP contribution in [0.25, 0.3) is 10.9 Å². The predicted octanol–water partition coefficient (Wildman–Crippen LogP) is 1.44. The molecule has 0 atom stereocenters. The van der Waals surface area contributed by atoms with E-state index in [1.165, 1.54) is 18.2 Å². The molecule has 118 valence electrons. The van der Waals surface area contributed by atoms with Crippen LogP contribution in [0.4, 0.5) is 11.5 Å².